The van der Waals surface area contributed by atoms with E-state index in [-0.39, 0.29) is 5.78 Å². The van der Waals surface area contributed by atoms with Crippen LogP contribution in [-0.4, -0.2) is 10.8 Å². The van der Waals surface area contributed by atoms with Crippen molar-refractivity contribution in [2.24, 2.45) is 0 Å². The number of nitrogens with one attached hydrogen (secondary N) is 1. The van der Waals surface area contributed by atoms with Crippen molar-refractivity contribution in [3.8, 4) is 0 Å². The third-order valence-electron chi connectivity index (χ3n) is 2.85. The van der Waals surface area contributed by atoms with Gasteiger partial charge in [-0.2, -0.15) is 0 Å². The van der Waals surface area contributed by atoms with Gasteiger partial charge in [0.15, 0.2) is 5.78 Å². The van der Waals surface area contributed by atoms with Crippen LogP contribution in [0.3, 0.4) is 0 Å². The number of benzene rings is 1. The summed E-state index contributed by atoms with van der Waals surface area (Å²) in [5, 5.41) is 3.26. The van der Waals surface area contributed by atoms with E-state index in [2.05, 4.69) is 26.2 Å². The molecule has 0 aliphatic carbocycles. The fourth-order valence-electron chi connectivity index (χ4n) is 1.75. The van der Waals surface area contributed by atoms with Crippen molar-refractivity contribution >= 4 is 27.4 Å². The van der Waals surface area contributed by atoms with Gasteiger partial charge in [-0.3, -0.25) is 9.78 Å². The molecule has 0 saturated carbocycles. The number of carbonyl (C=O) groups excluding carboxylic acids is 1. The molecule has 2 rings (SSSR count). The zero-order valence-corrected chi connectivity index (χ0v) is 12.7. The van der Waals surface area contributed by atoms with Crippen molar-refractivity contribution in [3.63, 3.8) is 0 Å². The molecule has 1 N–H and O–H groups in total. The van der Waals surface area contributed by atoms with E-state index in [4.69, 9.17) is 0 Å². The zero-order valence-electron chi connectivity index (χ0n) is 11.1. The summed E-state index contributed by atoms with van der Waals surface area (Å²) < 4.78 is 1.03. The number of ketones is 1. The number of carbonyl (C=O) groups is 1. The average molecular weight is 331 g/mol. The highest BCUT2D eigenvalue weighted by Gasteiger charge is 2.08. The molecule has 0 fully saturated rings. The summed E-state index contributed by atoms with van der Waals surface area (Å²) in [6, 6.07) is 11.3. The number of allylic oxidation sites excluding steroid dienone is 2. The van der Waals surface area contributed by atoms with Crippen LogP contribution in [0.2, 0.25) is 0 Å². The maximum Gasteiger partial charge on any atom is 0.168 e. The molecular weight excluding hydrogens is 316 g/mol. The SMILES string of the molecule is C/C=C(\CC(=O)c1ccncc1)Nc1ccc(Br)cc1. The lowest BCUT2D eigenvalue weighted by Crippen LogP contribution is -2.07. The van der Waals surface area contributed by atoms with Crippen LogP contribution < -0.4 is 5.32 Å². The Hall–Kier alpha value is -1.94. The van der Waals surface area contributed by atoms with Gasteiger partial charge in [-0.1, -0.05) is 22.0 Å². The van der Waals surface area contributed by atoms with Gasteiger partial charge in [0.05, 0.1) is 6.42 Å². The molecule has 3 nitrogen and oxygen atoms in total. The highest BCUT2D eigenvalue weighted by atomic mass is 79.9. The van der Waals surface area contributed by atoms with Gasteiger partial charge in [-0.15, -0.1) is 0 Å². The van der Waals surface area contributed by atoms with Crippen LogP contribution in [0.15, 0.2) is 65.0 Å². The van der Waals surface area contributed by atoms with E-state index < -0.39 is 0 Å². The van der Waals surface area contributed by atoms with Crippen LogP contribution in [0.4, 0.5) is 5.69 Å². The lowest BCUT2D eigenvalue weighted by molar-refractivity contribution is 0.0993. The van der Waals surface area contributed by atoms with E-state index in [9.17, 15) is 4.79 Å². The molecule has 1 aromatic heterocycles. The first-order valence-corrected chi connectivity index (χ1v) is 7.09. The molecule has 0 radical (unpaired) electrons. The summed E-state index contributed by atoms with van der Waals surface area (Å²) in [5.41, 5.74) is 2.52. The number of Topliss-reactive ketones (excluding diaryl/α,β-unsaturated/α-hetero) is 1. The Morgan fingerprint density at radius 3 is 2.45 bits per heavy atom. The van der Waals surface area contributed by atoms with Crippen molar-refractivity contribution < 1.29 is 4.79 Å². The maximum atomic E-state index is 12.1. The molecule has 1 aromatic carbocycles. The third kappa shape index (κ3) is 4.03. The summed E-state index contributed by atoms with van der Waals surface area (Å²) in [5.74, 6) is 0.0742. The lowest BCUT2D eigenvalue weighted by Gasteiger charge is -2.10. The Morgan fingerprint density at radius 2 is 1.85 bits per heavy atom. The van der Waals surface area contributed by atoms with Gasteiger partial charge >= 0.3 is 0 Å². The standard InChI is InChI=1S/C16H15BrN2O/c1-2-14(19-15-5-3-13(17)4-6-15)11-16(20)12-7-9-18-10-8-12/h2-10,19H,11H2,1H3/b14-2+. The number of hydrogen-bond donors (Lipinski definition) is 1. The number of aromatic nitrogens is 1. The summed E-state index contributed by atoms with van der Waals surface area (Å²) in [4.78, 5) is 16.1. The molecule has 0 spiro atoms. The fraction of sp³-hybridized carbons (Fsp3) is 0.125. The molecule has 0 bridgehead atoms. The molecular formula is C16H15BrN2O. The Labute approximate surface area is 126 Å². The predicted octanol–water partition coefficient (Wildman–Crippen LogP) is 4.43. The number of pyridine rings is 1. The topological polar surface area (TPSA) is 42.0 Å². The number of nitrogens with zero attached hydrogens (tertiary/aromatic N) is 1. The molecule has 0 atom stereocenters. The number of rotatable bonds is 5. The first kappa shape index (κ1) is 14.5. The van der Waals surface area contributed by atoms with Gasteiger partial charge < -0.3 is 5.32 Å². The molecule has 0 unspecified atom stereocenters. The highest BCUT2D eigenvalue weighted by Crippen LogP contribution is 2.17. The number of hydrogen-bond acceptors (Lipinski definition) is 3. The van der Waals surface area contributed by atoms with Crippen LogP contribution in [0.5, 0.6) is 0 Å². The minimum absolute atomic E-state index is 0.0742. The van der Waals surface area contributed by atoms with E-state index in [1.54, 1.807) is 24.5 Å². The van der Waals surface area contributed by atoms with Crippen molar-refractivity contribution in [1.29, 1.82) is 0 Å². The van der Waals surface area contributed by atoms with E-state index in [0.29, 0.717) is 12.0 Å². The van der Waals surface area contributed by atoms with Crippen LogP contribution in [0, 0.1) is 0 Å². The molecule has 0 amide bonds. The Bertz CT molecular complexity index is 606. The van der Waals surface area contributed by atoms with Gasteiger partial charge in [0, 0.05) is 33.8 Å². The van der Waals surface area contributed by atoms with Crippen LogP contribution in [0.25, 0.3) is 0 Å². The van der Waals surface area contributed by atoms with Crippen molar-refractivity contribution in [1.82, 2.24) is 4.98 Å². The van der Waals surface area contributed by atoms with Gasteiger partial charge in [-0.05, 0) is 43.3 Å². The van der Waals surface area contributed by atoms with Crippen molar-refractivity contribution in [3.05, 3.63) is 70.6 Å². The smallest absolute Gasteiger partial charge is 0.168 e. The normalized spacial score (nSPS) is 11.2. The second-order valence-corrected chi connectivity index (χ2v) is 5.20. The Kier molecular flexibility index (Phi) is 5.07. The largest absolute Gasteiger partial charge is 0.359 e. The summed E-state index contributed by atoms with van der Waals surface area (Å²) in [7, 11) is 0. The van der Waals surface area contributed by atoms with Crippen molar-refractivity contribution in [2.75, 3.05) is 5.32 Å². The molecule has 102 valence electrons. The minimum atomic E-state index is 0.0742. The van der Waals surface area contributed by atoms with Crippen molar-refractivity contribution in [2.45, 2.75) is 13.3 Å². The Morgan fingerprint density at radius 1 is 1.20 bits per heavy atom. The molecule has 2 aromatic rings. The van der Waals surface area contributed by atoms with E-state index >= 15 is 0 Å². The Balaban J connectivity index is 2.03. The molecule has 20 heavy (non-hydrogen) atoms. The summed E-state index contributed by atoms with van der Waals surface area (Å²) in [6.07, 6.45) is 5.52. The van der Waals surface area contributed by atoms with E-state index in [0.717, 1.165) is 15.9 Å². The minimum Gasteiger partial charge on any atom is -0.359 e. The van der Waals surface area contributed by atoms with Gasteiger partial charge in [0.1, 0.15) is 0 Å². The van der Waals surface area contributed by atoms with Crippen LogP contribution in [-0.2, 0) is 0 Å². The zero-order chi connectivity index (χ0) is 14.4. The van der Waals surface area contributed by atoms with Crippen LogP contribution in [0.1, 0.15) is 23.7 Å². The molecule has 4 heteroatoms. The first-order chi connectivity index (χ1) is 9.69. The van der Waals surface area contributed by atoms with Gasteiger partial charge in [-0.25, -0.2) is 0 Å². The second-order valence-electron chi connectivity index (χ2n) is 4.28. The summed E-state index contributed by atoms with van der Waals surface area (Å²) in [6.45, 7) is 1.92. The van der Waals surface area contributed by atoms with E-state index in [1.165, 1.54) is 0 Å². The van der Waals surface area contributed by atoms with Gasteiger partial charge in [0.2, 0.25) is 0 Å². The quantitative estimate of drug-likeness (QED) is 0.824. The van der Waals surface area contributed by atoms with Gasteiger partial charge in [0.25, 0.3) is 0 Å². The fourth-order valence-corrected chi connectivity index (χ4v) is 2.01. The predicted molar refractivity (Wildman–Crippen MR) is 84.7 cm³/mol. The number of anilines is 1. The molecule has 0 aliphatic heterocycles. The van der Waals surface area contributed by atoms with E-state index in [1.807, 2.05) is 37.3 Å². The second kappa shape index (κ2) is 7.01. The first-order valence-electron chi connectivity index (χ1n) is 6.30. The molecule has 0 aliphatic rings. The summed E-state index contributed by atoms with van der Waals surface area (Å²) >= 11 is 3.40. The third-order valence-corrected chi connectivity index (χ3v) is 3.38. The molecule has 1 heterocycles. The monoisotopic (exact) mass is 330 g/mol. The number of halogens is 1. The maximum absolute atomic E-state index is 12.1. The lowest BCUT2D eigenvalue weighted by atomic mass is 10.1. The highest BCUT2D eigenvalue weighted by molar-refractivity contribution is 9.10. The van der Waals surface area contributed by atoms with Crippen LogP contribution >= 0.6 is 15.9 Å². The average Bonchev–Trinajstić information content (AvgIpc) is 2.49. The molecule has 0 saturated heterocycles.